The van der Waals surface area contributed by atoms with Crippen LogP contribution in [0.25, 0.3) is 0 Å². The van der Waals surface area contributed by atoms with Crippen LogP contribution in [0.5, 0.6) is 0 Å². The van der Waals surface area contributed by atoms with Gasteiger partial charge in [0.2, 0.25) is 0 Å². The van der Waals surface area contributed by atoms with Crippen molar-refractivity contribution in [2.45, 2.75) is 17.6 Å². The van der Waals surface area contributed by atoms with Gasteiger partial charge in [-0.25, -0.2) is 8.78 Å². The van der Waals surface area contributed by atoms with E-state index in [1.54, 1.807) is 0 Å². The third kappa shape index (κ3) is 3.23. The first-order valence-corrected chi connectivity index (χ1v) is 6.47. The molecule has 0 saturated carbocycles. The van der Waals surface area contributed by atoms with Crippen molar-refractivity contribution in [1.29, 1.82) is 0 Å². The average molecular weight is 265 g/mol. The maximum Gasteiger partial charge on any atom is 0.126 e. The maximum atomic E-state index is 13.0. The fraction of sp³-hybridized carbons (Fsp3) is 0.143. The van der Waals surface area contributed by atoms with Crippen molar-refractivity contribution in [3.8, 4) is 0 Å². The lowest BCUT2D eigenvalue weighted by Crippen LogP contribution is -1.91. The first-order valence-electron chi connectivity index (χ1n) is 5.48. The normalized spacial score (nSPS) is 10.6. The SMILES string of the molecule is Cc1ccc(SCc2cc(F)cc(F)c2)c(N)c1. The maximum absolute atomic E-state index is 13.0. The van der Waals surface area contributed by atoms with Crippen molar-refractivity contribution in [3.63, 3.8) is 0 Å². The van der Waals surface area contributed by atoms with E-state index >= 15 is 0 Å². The Morgan fingerprint density at radius 3 is 2.33 bits per heavy atom. The second kappa shape index (κ2) is 5.40. The van der Waals surface area contributed by atoms with Crippen molar-refractivity contribution < 1.29 is 8.78 Å². The van der Waals surface area contributed by atoms with Crippen LogP contribution in [0.15, 0.2) is 41.3 Å². The lowest BCUT2D eigenvalue weighted by molar-refractivity contribution is 0.581. The third-order valence-corrected chi connectivity index (χ3v) is 3.64. The first kappa shape index (κ1) is 12.9. The molecule has 0 heterocycles. The molecule has 0 aromatic heterocycles. The summed E-state index contributed by atoms with van der Waals surface area (Å²) in [5, 5.41) is 0. The van der Waals surface area contributed by atoms with E-state index in [9.17, 15) is 8.78 Å². The number of anilines is 1. The number of thioether (sulfide) groups is 1. The minimum Gasteiger partial charge on any atom is -0.398 e. The third-order valence-electron chi connectivity index (χ3n) is 2.48. The van der Waals surface area contributed by atoms with Crippen LogP contribution in [0.3, 0.4) is 0 Å². The molecule has 94 valence electrons. The molecule has 0 radical (unpaired) electrons. The number of benzene rings is 2. The summed E-state index contributed by atoms with van der Waals surface area (Å²) in [7, 11) is 0. The topological polar surface area (TPSA) is 26.0 Å². The van der Waals surface area contributed by atoms with Crippen LogP contribution >= 0.6 is 11.8 Å². The molecule has 0 saturated heterocycles. The molecule has 0 aliphatic heterocycles. The minimum absolute atomic E-state index is 0.488. The Balaban J connectivity index is 2.11. The first-order chi connectivity index (χ1) is 8.54. The highest BCUT2D eigenvalue weighted by molar-refractivity contribution is 7.98. The zero-order valence-corrected chi connectivity index (χ0v) is 10.7. The van der Waals surface area contributed by atoms with Gasteiger partial charge >= 0.3 is 0 Å². The summed E-state index contributed by atoms with van der Waals surface area (Å²) in [4.78, 5) is 0.922. The van der Waals surface area contributed by atoms with Gasteiger partial charge in [-0.2, -0.15) is 0 Å². The molecule has 0 bridgehead atoms. The lowest BCUT2D eigenvalue weighted by Gasteiger charge is -2.06. The largest absolute Gasteiger partial charge is 0.398 e. The van der Waals surface area contributed by atoms with Crippen LogP contribution < -0.4 is 5.73 Å². The van der Waals surface area contributed by atoms with E-state index in [0.717, 1.165) is 16.5 Å². The molecule has 0 fully saturated rings. The molecule has 2 N–H and O–H groups in total. The average Bonchev–Trinajstić information content (AvgIpc) is 2.26. The van der Waals surface area contributed by atoms with Gasteiger partial charge in [-0.05, 0) is 42.3 Å². The van der Waals surface area contributed by atoms with Crippen molar-refractivity contribution in [2.75, 3.05) is 5.73 Å². The Morgan fingerprint density at radius 1 is 1.06 bits per heavy atom. The molecule has 4 heteroatoms. The van der Waals surface area contributed by atoms with Gasteiger partial charge < -0.3 is 5.73 Å². The second-order valence-electron chi connectivity index (χ2n) is 4.11. The molecular formula is C14H13F2NS. The highest BCUT2D eigenvalue weighted by Gasteiger charge is 2.04. The quantitative estimate of drug-likeness (QED) is 0.666. The Hall–Kier alpha value is -1.55. The summed E-state index contributed by atoms with van der Waals surface area (Å²) in [6.07, 6.45) is 0. The summed E-state index contributed by atoms with van der Waals surface area (Å²) < 4.78 is 26.0. The van der Waals surface area contributed by atoms with E-state index in [1.165, 1.54) is 23.9 Å². The molecule has 0 atom stereocenters. The highest BCUT2D eigenvalue weighted by Crippen LogP contribution is 2.29. The van der Waals surface area contributed by atoms with Gasteiger partial charge in [0.15, 0.2) is 0 Å². The van der Waals surface area contributed by atoms with Crippen LogP contribution in [0.1, 0.15) is 11.1 Å². The molecule has 0 unspecified atom stereocenters. The molecule has 2 aromatic carbocycles. The zero-order chi connectivity index (χ0) is 13.1. The van der Waals surface area contributed by atoms with E-state index in [1.807, 2.05) is 25.1 Å². The molecule has 2 rings (SSSR count). The number of halogens is 2. The fourth-order valence-electron chi connectivity index (χ4n) is 1.65. The molecule has 2 aromatic rings. The highest BCUT2D eigenvalue weighted by atomic mass is 32.2. The lowest BCUT2D eigenvalue weighted by atomic mass is 10.2. The monoisotopic (exact) mass is 265 g/mol. The van der Waals surface area contributed by atoms with E-state index in [2.05, 4.69) is 0 Å². The zero-order valence-electron chi connectivity index (χ0n) is 9.91. The van der Waals surface area contributed by atoms with Crippen LogP contribution in [0, 0.1) is 18.6 Å². The summed E-state index contributed by atoms with van der Waals surface area (Å²) in [5.41, 5.74) is 8.27. The molecule has 18 heavy (non-hydrogen) atoms. The Morgan fingerprint density at radius 2 is 1.72 bits per heavy atom. The van der Waals surface area contributed by atoms with E-state index in [0.29, 0.717) is 17.0 Å². The van der Waals surface area contributed by atoms with Gasteiger partial charge in [-0.3, -0.25) is 0 Å². The van der Waals surface area contributed by atoms with Crippen LogP contribution in [-0.4, -0.2) is 0 Å². The number of nitrogens with two attached hydrogens (primary N) is 1. The van der Waals surface area contributed by atoms with Gasteiger partial charge in [0, 0.05) is 22.4 Å². The molecule has 0 aliphatic carbocycles. The van der Waals surface area contributed by atoms with Crippen LogP contribution in [0.2, 0.25) is 0 Å². The van der Waals surface area contributed by atoms with Gasteiger partial charge in [-0.1, -0.05) is 6.07 Å². The standard InChI is InChI=1S/C14H13F2NS/c1-9-2-3-14(13(17)4-9)18-8-10-5-11(15)7-12(16)6-10/h2-7H,8,17H2,1H3. The number of hydrogen-bond acceptors (Lipinski definition) is 2. The number of hydrogen-bond donors (Lipinski definition) is 1. The molecule has 0 amide bonds. The minimum atomic E-state index is -0.553. The van der Waals surface area contributed by atoms with Gasteiger partial charge in [-0.15, -0.1) is 11.8 Å². The molecular weight excluding hydrogens is 252 g/mol. The summed E-state index contributed by atoms with van der Waals surface area (Å²) >= 11 is 1.47. The van der Waals surface area contributed by atoms with E-state index < -0.39 is 11.6 Å². The second-order valence-corrected chi connectivity index (χ2v) is 5.12. The Bertz CT molecular complexity index is 549. The predicted molar refractivity (Wildman–Crippen MR) is 71.5 cm³/mol. The van der Waals surface area contributed by atoms with Gasteiger partial charge in [0.25, 0.3) is 0 Å². The van der Waals surface area contributed by atoms with Gasteiger partial charge in [0.05, 0.1) is 0 Å². The fourth-order valence-corrected chi connectivity index (χ4v) is 2.53. The smallest absolute Gasteiger partial charge is 0.126 e. The Labute approximate surface area is 109 Å². The summed E-state index contributed by atoms with van der Waals surface area (Å²) in [5.74, 6) is -0.618. The summed E-state index contributed by atoms with van der Waals surface area (Å²) in [6, 6.07) is 9.31. The van der Waals surface area contributed by atoms with Crippen molar-refractivity contribution in [3.05, 3.63) is 59.2 Å². The Kier molecular flexibility index (Phi) is 3.87. The van der Waals surface area contributed by atoms with Crippen molar-refractivity contribution >= 4 is 17.4 Å². The molecule has 1 nitrogen and oxygen atoms in total. The number of nitrogen functional groups attached to an aromatic ring is 1. The van der Waals surface area contributed by atoms with E-state index in [4.69, 9.17) is 5.73 Å². The van der Waals surface area contributed by atoms with Gasteiger partial charge in [0.1, 0.15) is 11.6 Å². The van der Waals surface area contributed by atoms with Crippen LogP contribution in [0.4, 0.5) is 14.5 Å². The summed E-state index contributed by atoms with van der Waals surface area (Å²) in [6.45, 7) is 1.97. The van der Waals surface area contributed by atoms with Crippen molar-refractivity contribution in [1.82, 2.24) is 0 Å². The number of aryl methyl sites for hydroxylation is 1. The molecule has 0 spiro atoms. The number of rotatable bonds is 3. The van der Waals surface area contributed by atoms with E-state index in [-0.39, 0.29) is 0 Å². The van der Waals surface area contributed by atoms with Crippen LogP contribution in [-0.2, 0) is 5.75 Å². The molecule has 0 aliphatic rings. The van der Waals surface area contributed by atoms with Crippen molar-refractivity contribution in [2.24, 2.45) is 0 Å². The predicted octanol–water partition coefficient (Wildman–Crippen LogP) is 4.15.